The number of halogens is 1. The van der Waals surface area contributed by atoms with Crippen molar-refractivity contribution in [1.82, 2.24) is 0 Å². The van der Waals surface area contributed by atoms with Crippen LogP contribution in [-0.2, 0) is 22.4 Å². The molecule has 3 rings (SSSR count). The Bertz CT molecular complexity index is 717. The van der Waals surface area contributed by atoms with E-state index in [-0.39, 0.29) is 5.91 Å². The standard InChI is InChI=1S/C17H16ClNO3S/c1-10(16(20)19-13-7-5-12(18)6-8-13)22-17(21)15-9-11-3-2-4-14(11)23-15/h5-10H,2-4H2,1H3,(H,19,20)/t10-/m0/s1. The van der Waals surface area contributed by atoms with Gasteiger partial charge in [0.2, 0.25) is 0 Å². The second-order valence-corrected chi connectivity index (χ2v) is 7.03. The minimum atomic E-state index is -0.866. The molecular formula is C17H16ClNO3S. The first-order valence-corrected chi connectivity index (χ1v) is 8.61. The van der Waals surface area contributed by atoms with Crippen LogP contribution in [0.2, 0.25) is 5.02 Å². The van der Waals surface area contributed by atoms with Crippen molar-refractivity contribution in [1.29, 1.82) is 0 Å². The minimum absolute atomic E-state index is 0.371. The zero-order valence-electron chi connectivity index (χ0n) is 12.6. The molecule has 1 atom stereocenters. The average molecular weight is 350 g/mol. The maximum atomic E-state index is 12.2. The fourth-order valence-electron chi connectivity index (χ4n) is 2.48. The summed E-state index contributed by atoms with van der Waals surface area (Å²) in [7, 11) is 0. The Morgan fingerprint density at radius 1 is 1.26 bits per heavy atom. The fourth-order valence-corrected chi connectivity index (χ4v) is 3.74. The van der Waals surface area contributed by atoms with Crippen molar-refractivity contribution in [3.05, 3.63) is 50.7 Å². The van der Waals surface area contributed by atoms with Gasteiger partial charge in [0.1, 0.15) is 4.88 Å². The zero-order valence-corrected chi connectivity index (χ0v) is 14.2. The quantitative estimate of drug-likeness (QED) is 0.846. The SMILES string of the molecule is C[C@H](OC(=O)c1cc2c(s1)CCC2)C(=O)Nc1ccc(Cl)cc1. The highest BCUT2D eigenvalue weighted by Crippen LogP contribution is 2.31. The van der Waals surface area contributed by atoms with Gasteiger partial charge in [0.05, 0.1) is 0 Å². The van der Waals surface area contributed by atoms with Crippen molar-refractivity contribution in [2.45, 2.75) is 32.3 Å². The van der Waals surface area contributed by atoms with Crippen LogP contribution in [0.5, 0.6) is 0 Å². The monoisotopic (exact) mass is 349 g/mol. The molecule has 1 aromatic carbocycles. The highest BCUT2D eigenvalue weighted by molar-refractivity contribution is 7.14. The van der Waals surface area contributed by atoms with E-state index in [4.69, 9.17) is 16.3 Å². The van der Waals surface area contributed by atoms with Gasteiger partial charge in [-0.2, -0.15) is 0 Å². The van der Waals surface area contributed by atoms with Gasteiger partial charge in [-0.15, -0.1) is 11.3 Å². The maximum Gasteiger partial charge on any atom is 0.349 e. The summed E-state index contributed by atoms with van der Waals surface area (Å²) >= 11 is 7.27. The molecule has 4 nitrogen and oxygen atoms in total. The van der Waals surface area contributed by atoms with Crippen LogP contribution in [0, 0.1) is 0 Å². The lowest BCUT2D eigenvalue weighted by atomic mass is 10.2. The third-order valence-electron chi connectivity index (χ3n) is 3.71. The second-order valence-electron chi connectivity index (χ2n) is 5.46. The maximum absolute atomic E-state index is 12.2. The number of hydrogen-bond donors (Lipinski definition) is 1. The summed E-state index contributed by atoms with van der Waals surface area (Å²) in [5.41, 5.74) is 1.85. The highest BCUT2D eigenvalue weighted by Gasteiger charge is 2.23. The smallest absolute Gasteiger partial charge is 0.349 e. The Kier molecular flexibility index (Phi) is 4.68. The number of ether oxygens (including phenoxy) is 1. The molecule has 6 heteroatoms. The van der Waals surface area contributed by atoms with Crippen molar-refractivity contribution < 1.29 is 14.3 Å². The van der Waals surface area contributed by atoms with Crippen molar-refractivity contribution >= 4 is 40.5 Å². The van der Waals surface area contributed by atoms with Gasteiger partial charge in [-0.25, -0.2) is 4.79 Å². The van der Waals surface area contributed by atoms with E-state index in [1.165, 1.54) is 21.8 Å². The summed E-state index contributed by atoms with van der Waals surface area (Å²) in [4.78, 5) is 26.1. The summed E-state index contributed by atoms with van der Waals surface area (Å²) < 4.78 is 5.26. The van der Waals surface area contributed by atoms with E-state index < -0.39 is 12.1 Å². The Labute approximate surface area is 143 Å². The number of thiophene rings is 1. The van der Waals surface area contributed by atoms with Crippen LogP contribution < -0.4 is 5.32 Å². The van der Waals surface area contributed by atoms with Gasteiger partial charge in [0.15, 0.2) is 6.10 Å². The molecule has 0 aliphatic heterocycles. The van der Waals surface area contributed by atoms with Crippen molar-refractivity contribution in [3.63, 3.8) is 0 Å². The predicted molar refractivity (Wildman–Crippen MR) is 91.3 cm³/mol. The second kappa shape index (κ2) is 6.72. The molecule has 23 heavy (non-hydrogen) atoms. The molecule has 0 radical (unpaired) electrons. The van der Waals surface area contributed by atoms with Gasteiger partial charge in [-0.05, 0) is 62.1 Å². The van der Waals surface area contributed by atoms with Crippen LogP contribution in [0.25, 0.3) is 0 Å². The first-order valence-electron chi connectivity index (χ1n) is 7.42. The number of fused-ring (bicyclic) bond motifs is 1. The summed E-state index contributed by atoms with van der Waals surface area (Å²) in [5, 5.41) is 3.28. The molecule has 1 aliphatic rings. The number of aryl methyl sites for hydroxylation is 2. The van der Waals surface area contributed by atoms with E-state index in [9.17, 15) is 9.59 Å². The molecule has 0 fully saturated rings. The van der Waals surface area contributed by atoms with E-state index in [1.54, 1.807) is 31.2 Å². The number of benzene rings is 1. The minimum Gasteiger partial charge on any atom is -0.448 e. The van der Waals surface area contributed by atoms with Crippen molar-refractivity contribution in [2.75, 3.05) is 5.32 Å². The van der Waals surface area contributed by atoms with Crippen LogP contribution >= 0.6 is 22.9 Å². The lowest BCUT2D eigenvalue weighted by Gasteiger charge is -2.13. The molecule has 1 amide bonds. The average Bonchev–Trinajstić information content (AvgIpc) is 3.10. The van der Waals surface area contributed by atoms with Crippen LogP contribution in [0.4, 0.5) is 5.69 Å². The molecule has 1 aliphatic carbocycles. The topological polar surface area (TPSA) is 55.4 Å². The van der Waals surface area contributed by atoms with E-state index in [2.05, 4.69) is 5.32 Å². The molecule has 0 bridgehead atoms. The van der Waals surface area contributed by atoms with Gasteiger partial charge < -0.3 is 10.1 Å². The molecule has 120 valence electrons. The lowest BCUT2D eigenvalue weighted by Crippen LogP contribution is -2.29. The molecule has 2 aromatic rings. The van der Waals surface area contributed by atoms with Gasteiger partial charge in [-0.1, -0.05) is 11.6 Å². The largest absolute Gasteiger partial charge is 0.448 e. The van der Waals surface area contributed by atoms with Crippen molar-refractivity contribution in [3.8, 4) is 0 Å². The summed E-state index contributed by atoms with van der Waals surface area (Å²) in [5.74, 6) is -0.812. The van der Waals surface area contributed by atoms with Gasteiger partial charge in [-0.3, -0.25) is 4.79 Å². The predicted octanol–water partition coefficient (Wildman–Crippen LogP) is 4.07. The number of anilines is 1. The number of nitrogens with one attached hydrogen (secondary N) is 1. The first-order chi connectivity index (χ1) is 11.0. The molecule has 0 unspecified atom stereocenters. The van der Waals surface area contributed by atoms with E-state index in [0.717, 1.165) is 19.3 Å². The summed E-state index contributed by atoms with van der Waals surface area (Å²) in [6.45, 7) is 1.56. The van der Waals surface area contributed by atoms with Crippen molar-refractivity contribution in [2.24, 2.45) is 0 Å². The molecular weight excluding hydrogens is 334 g/mol. The number of hydrogen-bond acceptors (Lipinski definition) is 4. The van der Waals surface area contributed by atoms with E-state index in [0.29, 0.717) is 15.6 Å². The number of amides is 1. The van der Waals surface area contributed by atoms with E-state index >= 15 is 0 Å². The summed E-state index contributed by atoms with van der Waals surface area (Å²) in [6.07, 6.45) is 2.33. The first kappa shape index (κ1) is 16.0. The summed E-state index contributed by atoms with van der Waals surface area (Å²) in [6, 6.07) is 8.64. The highest BCUT2D eigenvalue weighted by atomic mass is 35.5. The molecule has 0 saturated carbocycles. The Hall–Kier alpha value is -1.85. The Morgan fingerprint density at radius 3 is 2.70 bits per heavy atom. The fraction of sp³-hybridized carbons (Fsp3) is 0.294. The Balaban J connectivity index is 1.58. The van der Waals surface area contributed by atoms with Crippen LogP contribution in [0.15, 0.2) is 30.3 Å². The van der Waals surface area contributed by atoms with Crippen LogP contribution in [-0.4, -0.2) is 18.0 Å². The van der Waals surface area contributed by atoms with E-state index in [1.807, 2.05) is 6.07 Å². The molecule has 0 saturated heterocycles. The number of carbonyl (C=O) groups is 2. The number of carbonyl (C=O) groups excluding carboxylic acids is 2. The zero-order chi connectivity index (χ0) is 16.4. The van der Waals surface area contributed by atoms with Gasteiger partial charge in [0, 0.05) is 15.6 Å². The third kappa shape index (κ3) is 3.74. The van der Waals surface area contributed by atoms with Gasteiger partial charge >= 0.3 is 5.97 Å². The Morgan fingerprint density at radius 2 is 2.00 bits per heavy atom. The van der Waals surface area contributed by atoms with Crippen LogP contribution in [0.3, 0.4) is 0 Å². The molecule has 1 heterocycles. The number of rotatable bonds is 4. The molecule has 1 aromatic heterocycles. The van der Waals surface area contributed by atoms with Crippen LogP contribution in [0.1, 0.15) is 33.5 Å². The third-order valence-corrected chi connectivity index (χ3v) is 5.18. The molecule has 1 N–H and O–H groups in total. The lowest BCUT2D eigenvalue weighted by molar-refractivity contribution is -0.123. The number of esters is 1. The normalized spacial score (nSPS) is 14.2. The molecule has 0 spiro atoms. The van der Waals surface area contributed by atoms with Gasteiger partial charge in [0.25, 0.3) is 5.91 Å².